The molecule has 110 valence electrons. The van der Waals surface area contributed by atoms with E-state index in [1.165, 1.54) is 64.5 Å². The fourth-order valence-corrected chi connectivity index (χ4v) is 4.61. The van der Waals surface area contributed by atoms with Crippen molar-refractivity contribution in [2.24, 2.45) is 0 Å². The van der Waals surface area contributed by atoms with Crippen molar-refractivity contribution in [2.45, 2.75) is 75.5 Å². The van der Waals surface area contributed by atoms with E-state index in [1.54, 1.807) is 0 Å². The van der Waals surface area contributed by atoms with Gasteiger partial charge in [0.05, 0.1) is 6.10 Å². The Kier molecular flexibility index (Phi) is 3.89. The molecule has 0 aromatic heterocycles. The van der Waals surface area contributed by atoms with E-state index < -0.39 is 0 Å². The van der Waals surface area contributed by atoms with Crippen LogP contribution in [0.3, 0.4) is 0 Å². The lowest BCUT2D eigenvalue weighted by Crippen LogP contribution is -2.69. The molecule has 2 saturated carbocycles. The van der Waals surface area contributed by atoms with E-state index in [1.807, 2.05) is 7.11 Å². The topological polar surface area (TPSA) is 24.5 Å². The van der Waals surface area contributed by atoms with Gasteiger partial charge in [0.25, 0.3) is 0 Å². The second-order valence-corrected chi connectivity index (χ2v) is 7.20. The maximum Gasteiger partial charge on any atom is 0.0670 e. The fraction of sp³-hybridized carbons (Fsp3) is 1.00. The first-order chi connectivity index (χ1) is 9.18. The normalized spacial score (nSPS) is 31.3. The van der Waals surface area contributed by atoms with Crippen LogP contribution in [-0.2, 0) is 4.74 Å². The highest BCUT2D eigenvalue weighted by molar-refractivity contribution is 5.08. The van der Waals surface area contributed by atoms with Crippen LogP contribution in [0, 0.1) is 0 Å². The Morgan fingerprint density at radius 3 is 2.37 bits per heavy atom. The Labute approximate surface area is 118 Å². The lowest BCUT2D eigenvalue weighted by molar-refractivity contribution is -0.0264. The highest BCUT2D eigenvalue weighted by atomic mass is 16.5. The molecule has 3 nitrogen and oxygen atoms in total. The Bertz CT molecular complexity index is 306. The summed E-state index contributed by atoms with van der Waals surface area (Å²) in [6, 6.07) is 0. The second kappa shape index (κ2) is 5.34. The molecule has 0 aromatic carbocycles. The summed E-state index contributed by atoms with van der Waals surface area (Å²) in [5.41, 5.74) is 0.877. The SMILES string of the molecule is COC(C)CN1CC2(CCCC2)NCC12CCCC2. The molecule has 1 unspecified atom stereocenters. The van der Waals surface area contributed by atoms with E-state index in [2.05, 4.69) is 17.1 Å². The number of rotatable bonds is 3. The van der Waals surface area contributed by atoms with E-state index >= 15 is 0 Å². The van der Waals surface area contributed by atoms with Gasteiger partial charge in [-0.1, -0.05) is 25.7 Å². The van der Waals surface area contributed by atoms with Gasteiger partial charge in [0.1, 0.15) is 0 Å². The maximum atomic E-state index is 5.54. The Morgan fingerprint density at radius 1 is 1.11 bits per heavy atom. The van der Waals surface area contributed by atoms with Crippen LogP contribution in [0.2, 0.25) is 0 Å². The third kappa shape index (κ3) is 2.57. The van der Waals surface area contributed by atoms with Gasteiger partial charge in [0.15, 0.2) is 0 Å². The van der Waals surface area contributed by atoms with E-state index in [0.717, 1.165) is 6.54 Å². The monoisotopic (exact) mass is 266 g/mol. The number of piperazine rings is 1. The number of ether oxygens (including phenoxy) is 1. The van der Waals surface area contributed by atoms with Gasteiger partial charge in [0.2, 0.25) is 0 Å². The highest BCUT2D eigenvalue weighted by Crippen LogP contribution is 2.42. The number of hydrogen-bond acceptors (Lipinski definition) is 3. The van der Waals surface area contributed by atoms with Crippen LogP contribution in [0.1, 0.15) is 58.3 Å². The van der Waals surface area contributed by atoms with E-state index in [0.29, 0.717) is 17.2 Å². The smallest absolute Gasteiger partial charge is 0.0670 e. The van der Waals surface area contributed by atoms with Gasteiger partial charge in [-0.25, -0.2) is 0 Å². The molecule has 19 heavy (non-hydrogen) atoms. The minimum absolute atomic E-state index is 0.356. The van der Waals surface area contributed by atoms with Crippen molar-refractivity contribution in [3.63, 3.8) is 0 Å². The van der Waals surface area contributed by atoms with Crippen molar-refractivity contribution >= 4 is 0 Å². The summed E-state index contributed by atoms with van der Waals surface area (Å²) in [7, 11) is 1.85. The zero-order chi connectivity index (χ0) is 13.3. The first-order valence-electron chi connectivity index (χ1n) is 8.21. The van der Waals surface area contributed by atoms with Crippen molar-refractivity contribution < 1.29 is 4.74 Å². The molecule has 2 aliphatic carbocycles. The van der Waals surface area contributed by atoms with Gasteiger partial charge >= 0.3 is 0 Å². The van der Waals surface area contributed by atoms with Crippen LogP contribution < -0.4 is 5.32 Å². The van der Waals surface area contributed by atoms with Gasteiger partial charge in [-0.05, 0) is 32.6 Å². The van der Waals surface area contributed by atoms with Crippen LogP contribution in [0.25, 0.3) is 0 Å². The van der Waals surface area contributed by atoms with Crippen molar-refractivity contribution in [3.05, 3.63) is 0 Å². The molecule has 1 atom stereocenters. The zero-order valence-corrected chi connectivity index (χ0v) is 12.7. The van der Waals surface area contributed by atoms with E-state index in [4.69, 9.17) is 4.74 Å². The second-order valence-electron chi connectivity index (χ2n) is 7.20. The van der Waals surface area contributed by atoms with Crippen molar-refractivity contribution in [1.29, 1.82) is 0 Å². The molecule has 1 heterocycles. The number of nitrogens with zero attached hydrogens (tertiary/aromatic N) is 1. The average molecular weight is 266 g/mol. The molecule has 1 saturated heterocycles. The van der Waals surface area contributed by atoms with Crippen molar-refractivity contribution in [2.75, 3.05) is 26.7 Å². The Hall–Kier alpha value is -0.120. The molecule has 3 heteroatoms. The fourth-order valence-electron chi connectivity index (χ4n) is 4.61. The summed E-state index contributed by atoms with van der Waals surface area (Å²) in [6.07, 6.45) is 11.5. The van der Waals surface area contributed by atoms with Gasteiger partial charge in [0, 0.05) is 37.8 Å². The molecule has 1 N–H and O–H groups in total. The summed E-state index contributed by atoms with van der Waals surface area (Å²) in [5, 5.41) is 3.97. The van der Waals surface area contributed by atoms with Gasteiger partial charge in [-0.3, -0.25) is 4.90 Å². The lowest BCUT2D eigenvalue weighted by atomic mass is 9.84. The third-order valence-electron chi connectivity index (χ3n) is 5.93. The number of nitrogens with one attached hydrogen (secondary N) is 1. The molecule has 1 aliphatic heterocycles. The van der Waals surface area contributed by atoms with Crippen LogP contribution in [0.5, 0.6) is 0 Å². The summed E-state index contributed by atoms with van der Waals surface area (Å²) in [5.74, 6) is 0. The molecule has 3 aliphatic rings. The average Bonchev–Trinajstić information content (AvgIpc) is 3.05. The van der Waals surface area contributed by atoms with Crippen LogP contribution in [-0.4, -0.2) is 48.8 Å². The predicted octanol–water partition coefficient (Wildman–Crippen LogP) is 2.55. The zero-order valence-electron chi connectivity index (χ0n) is 12.7. The molecule has 0 amide bonds. The van der Waals surface area contributed by atoms with Crippen LogP contribution in [0.15, 0.2) is 0 Å². The first kappa shape index (κ1) is 13.8. The molecule has 2 spiro atoms. The maximum absolute atomic E-state index is 5.54. The van der Waals surface area contributed by atoms with Gasteiger partial charge in [-0.2, -0.15) is 0 Å². The van der Waals surface area contributed by atoms with Crippen LogP contribution >= 0.6 is 0 Å². The minimum Gasteiger partial charge on any atom is -0.380 e. The van der Waals surface area contributed by atoms with Crippen molar-refractivity contribution in [3.8, 4) is 0 Å². The molecular formula is C16H30N2O. The number of hydrogen-bond donors (Lipinski definition) is 1. The van der Waals surface area contributed by atoms with E-state index in [-0.39, 0.29) is 0 Å². The van der Waals surface area contributed by atoms with Crippen molar-refractivity contribution in [1.82, 2.24) is 10.2 Å². The Balaban J connectivity index is 1.75. The van der Waals surface area contributed by atoms with E-state index in [9.17, 15) is 0 Å². The molecule has 0 radical (unpaired) electrons. The largest absolute Gasteiger partial charge is 0.380 e. The number of methoxy groups -OCH3 is 1. The summed E-state index contributed by atoms with van der Waals surface area (Å²) >= 11 is 0. The molecule has 3 rings (SSSR count). The highest BCUT2D eigenvalue weighted by Gasteiger charge is 2.49. The quantitative estimate of drug-likeness (QED) is 0.849. The Morgan fingerprint density at radius 2 is 1.74 bits per heavy atom. The molecule has 0 aromatic rings. The summed E-state index contributed by atoms with van der Waals surface area (Å²) < 4.78 is 5.54. The standard InChI is InChI=1S/C16H30N2O/c1-14(19-2)11-18-13-15(7-3-4-8-15)17-12-16(18)9-5-6-10-16/h14,17H,3-13H2,1-2H3. The third-order valence-corrected chi connectivity index (χ3v) is 5.93. The predicted molar refractivity (Wildman–Crippen MR) is 78.4 cm³/mol. The van der Waals surface area contributed by atoms with Crippen LogP contribution in [0.4, 0.5) is 0 Å². The summed E-state index contributed by atoms with van der Waals surface area (Å²) in [6.45, 7) is 5.79. The van der Waals surface area contributed by atoms with Gasteiger partial charge in [-0.15, -0.1) is 0 Å². The molecule has 0 bridgehead atoms. The van der Waals surface area contributed by atoms with Gasteiger partial charge < -0.3 is 10.1 Å². The minimum atomic E-state index is 0.356. The molecular weight excluding hydrogens is 236 g/mol. The lowest BCUT2D eigenvalue weighted by Gasteiger charge is -2.53. The summed E-state index contributed by atoms with van der Waals surface area (Å²) in [4.78, 5) is 2.80. The first-order valence-corrected chi connectivity index (χ1v) is 8.21. The molecule has 3 fully saturated rings.